The van der Waals surface area contributed by atoms with Crippen molar-refractivity contribution in [3.8, 4) is 0 Å². The highest BCUT2D eigenvalue weighted by Crippen LogP contribution is 2.37. The Bertz CT molecular complexity index is 1190. The Labute approximate surface area is 158 Å². The summed E-state index contributed by atoms with van der Waals surface area (Å²) >= 11 is 0. The average molecular weight is 441 g/mol. The maximum Gasteiger partial charge on any atom is 0.534 e. The van der Waals surface area contributed by atoms with Gasteiger partial charge in [0.2, 0.25) is 0 Å². The molecule has 15 heteroatoms. The predicted molar refractivity (Wildman–Crippen MR) is 86.0 cm³/mol. The summed E-state index contributed by atoms with van der Waals surface area (Å²) in [5.41, 5.74) is -8.01. The van der Waals surface area contributed by atoms with Gasteiger partial charge in [0.1, 0.15) is 5.52 Å². The van der Waals surface area contributed by atoms with Crippen LogP contribution < -0.4 is 0 Å². The fraction of sp³-hybridized carbons (Fsp3) is 0.214. The van der Waals surface area contributed by atoms with Crippen LogP contribution in [0, 0.1) is 0 Å². The number of halogens is 6. The Morgan fingerprint density at radius 1 is 1.14 bits per heavy atom. The molecule has 0 saturated carbocycles. The zero-order chi connectivity index (χ0) is 21.6. The Morgan fingerprint density at radius 3 is 2.41 bits per heavy atom. The summed E-state index contributed by atoms with van der Waals surface area (Å²) in [7, 11) is -5.41. The summed E-state index contributed by atoms with van der Waals surface area (Å²) in [5.74, 6) is -1.29. The van der Waals surface area contributed by atoms with Gasteiger partial charge in [-0.3, -0.25) is 4.68 Å². The Hall–Kier alpha value is -3.10. The molecule has 0 fully saturated rings. The van der Waals surface area contributed by atoms with Gasteiger partial charge in [0.15, 0.2) is 11.5 Å². The van der Waals surface area contributed by atoms with Crippen molar-refractivity contribution in [3.63, 3.8) is 0 Å². The minimum absolute atomic E-state index is 0.176. The van der Waals surface area contributed by atoms with Gasteiger partial charge < -0.3 is 4.18 Å². The molecule has 0 radical (unpaired) electrons. The van der Waals surface area contributed by atoms with Crippen molar-refractivity contribution in [2.75, 3.05) is 0 Å². The summed E-state index contributed by atoms with van der Waals surface area (Å²) in [5, 5.41) is 10.6. The second-order valence-electron chi connectivity index (χ2n) is 5.53. The van der Waals surface area contributed by atoms with E-state index in [1.54, 1.807) is 6.07 Å². The van der Waals surface area contributed by atoms with Crippen LogP contribution in [-0.4, -0.2) is 38.7 Å². The van der Waals surface area contributed by atoms with Crippen LogP contribution in [0.4, 0.5) is 26.3 Å². The first-order valence-corrected chi connectivity index (χ1v) is 8.84. The lowest BCUT2D eigenvalue weighted by Gasteiger charge is -2.14. The number of hydrogen-bond acceptors (Lipinski definition) is 6. The first-order chi connectivity index (χ1) is 13.3. The number of alkyl halides is 6. The third-order valence-corrected chi connectivity index (χ3v) is 4.54. The van der Waals surface area contributed by atoms with E-state index in [4.69, 9.17) is 0 Å². The second-order valence-corrected chi connectivity index (χ2v) is 7.07. The van der Waals surface area contributed by atoms with E-state index in [-0.39, 0.29) is 11.0 Å². The molecule has 0 amide bonds. The van der Waals surface area contributed by atoms with Crippen LogP contribution in [0.25, 0.3) is 23.0 Å². The lowest BCUT2D eigenvalue weighted by atomic mass is 10.2. The SMILES string of the molecule is Cn1ncc(C(=Cn2nnc3ccccc32)OS(=O)(=O)C(F)(F)F)c1C(F)(F)F. The standard InChI is InChI=1S/C14H9F6N5O3S/c1-24-12(13(15,16)17)8(6-21-24)11(28-29(26,27)14(18,19)20)7-25-10-5-3-2-4-9(10)22-23-25/h2-7H,1H3. The molecule has 3 rings (SSSR count). The Morgan fingerprint density at radius 2 is 1.79 bits per heavy atom. The normalized spacial score (nSPS) is 13.8. The molecule has 1 aromatic carbocycles. The van der Waals surface area contributed by atoms with Gasteiger partial charge in [-0.25, -0.2) is 4.68 Å². The van der Waals surface area contributed by atoms with Gasteiger partial charge in [-0.15, -0.1) is 5.10 Å². The van der Waals surface area contributed by atoms with E-state index in [1.807, 2.05) is 0 Å². The molecule has 0 unspecified atom stereocenters. The molecule has 0 saturated heterocycles. The molecule has 0 bridgehead atoms. The van der Waals surface area contributed by atoms with Crippen molar-refractivity contribution in [2.24, 2.45) is 7.05 Å². The molecule has 0 aliphatic rings. The van der Waals surface area contributed by atoms with Crippen molar-refractivity contribution < 1.29 is 38.9 Å². The zero-order valence-corrected chi connectivity index (χ0v) is 14.9. The fourth-order valence-electron chi connectivity index (χ4n) is 2.35. The van der Waals surface area contributed by atoms with Crippen molar-refractivity contribution in [1.82, 2.24) is 24.8 Å². The smallest absolute Gasteiger partial charge is 0.374 e. The fourth-order valence-corrected chi connectivity index (χ4v) is 2.81. The maximum absolute atomic E-state index is 13.4. The monoisotopic (exact) mass is 441 g/mol. The minimum Gasteiger partial charge on any atom is -0.374 e. The highest BCUT2D eigenvalue weighted by Gasteiger charge is 2.50. The molecule has 0 aliphatic carbocycles. The van der Waals surface area contributed by atoms with E-state index in [0.29, 0.717) is 17.1 Å². The lowest BCUT2D eigenvalue weighted by Crippen LogP contribution is -2.25. The largest absolute Gasteiger partial charge is 0.534 e. The number of fused-ring (bicyclic) bond motifs is 1. The summed E-state index contributed by atoms with van der Waals surface area (Å²) < 4.78 is 106. The maximum atomic E-state index is 13.4. The molecule has 8 nitrogen and oxygen atoms in total. The van der Waals surface area contributed by atoms with E-state index < -0.39 is 38.8 Å². The number of nitrogens with zero attached hydrogens (tertiary/aromatic N) is 5. The van der Waals surface area contributed by atoms with E-state index in [1.165, 1.54) is 18.2 Å². The van der Waals surface area contributed by atoms with Crippen molar-refractivity contribution >= 4 is 33.1 Å². The summed E-state index contributed by atoms with van der Waals surface area (Å²) in [6, 6.07) is 5.97. The molecule has 2 aromatic heterocycles. The van der Waals surface area contributed by atoms with Gasteiger partial charge in [-0.1, -0.05) is 17.3 Å². The molecule has 0 N–H and O–H groups in total. The average Bonchev–Trinajstić information content (AvgIpc) is 3.16. The number of para-hydroxylation sites is 1. The molecule has 0 aliphatic heterocycles. The topological polar surface area (TPSA) is 91.9 Å². The molecular weight excluding hydrogens is 432 g/mol. The van der Waals surface area contributed by atoms with Gasteiger partial charge >= 0.3 is 21.8 Å². The number of rotatable bonds is 4. The molecule has 3 aromatic rings. The van der Waals surface area contributed by atoms with Crippen LogP contribution in [0.3, 0.4) is 0 Å². The lowest BCUT2D eigenvalue weighted by molar-refractivity contribution is -0.143. The van der Waals surface area contributed by atoms with Crippen LogP contribution in [-0.2, 0) is 27.5 Å². The molecule has 2 heterocycles. The van der Waals surface area contributed by atoms with Crippen LogP contribution in [0.2, 0.25) is 0 Å². The Kier molecular flexibility index (Phi) is 4.80. The highest BCUT2D eigenvalue weighted by molar-refractivity contribution is 7.87. The molecule has 0 atom stereocenters. The minimum atomic E-state index is -6.29. The van der Waals surface area contributed by atoms with Crippen LogP contribution in [0.5, 0.6) is 0 Å². The first-order valence-electron chi connectivity index (χ1n) is 7.43. The molecule has 0 spiro atoms. The zero-order valence-electron chi connectivity index (χ0n) is 14.1. The molecular formula is C14H9F6N5O3S. The summed E-state index contributed by atoms with van der Waals surface area (Å²) in [6.07, 6.45) is -4.00. The van der Waals surface area contributed by atoms with Gasteiger partial charge in [-0.05, 0) is 12.1 Å². The first kappa shape index (κ1) is 20.6. The third-order valence-electron chi connectivity index (χ3n) is 3.57. The van der Waals surface area contributed by atoms with Crippen LogP contribution >= 0.6 is 0 Å². The van der Waals surface area contributed by atoms with Crippen LogP contribution in [0.1, 0.15) is 11.3 Å². The quantitative estimate of drug-likeness (QED) is 0.268. The molecule has 29 heavy (non-hydrogen) atoms. The van der Waals surface area contributed by atoms with E-state index in [2.05, 4.69) is 19.6 Å². The number of aryl methyl sites for hydroxylation is 1. The van der Waals surface area contributed by atoms with Crippen molar-refractivity contribution in [2.45, 2.75) is 11.7 Å². The number of benzene rings is 1. The van der Waals surface area contributed by atoms with Gasteiger partial charge in [0.25, 0.3) is 0 Å². The van der Waals surface area contributed by atoms with Crippen LogP contribution in [0.15, 0.2) is 30.5 Å². The number of aromatic nitrogens is 5. The van der Waals surface area contributed by atoms with E-state index >= 15 is 0 Å². The van der Waals surface area contributed by atoms with Crippen molar-refractivity contribution in [3.05, 3.63) is 41.7 Å². The second kappa shape index (κ2) is 6.75. The summed E-state index contributed by atoms with van der Waals surface area (Å²) in [6.45, 7) is 0. The summed E-state index contributed by atoms with van der Waals surface area (Å²) in [4.78, 5) is 0. The number of hydrogen-bond donors (Lipinski definition) is 0. The van der Waals surface area contributed by atoms with E-state index in [9.17, 15) is 34.8 Å². The van der Waals surface area contributed by atoms with Gasteiger partial charge in [0, 0.05) is 7.05 Å². The molecule has 156 valence electrons. The third kappa shape index (κ3) is 3.90. The van der Waals surface area contributed by atoms with Crippen molar-refractivity contribution in [1.29, 1.82) is 0 Å². The van der Waals surface area contributed by atoms with Gasteiger partial charge in [-0.2, -0.15) is 39.9 Å². The van der Waals surface area contributed by atoms with E-state index in [0.717, 1.165) is 11.7 Å². The Balaban J connectivity index is 2.24. The predicted octanol–water partition coefficient (Wildman–Crippen LogP) is 3.01. The van der Waals surface area contributed by atoms with Gasteiger partial charge in [0.05, 0.1) is 23.5 Å². The highest BCUT2D eigenvalue weighted by atomic mass is 32.2.